The van der Waals surface area contributed by atoms with Crippen LogP contribution >= 0.6 is 0 Å². The molecule has 0 aromatic carbocycles. The lowest BCUT2D eigenvalue weighted by molar-refractivity contribution is -0.121. The van der Waals surface area contributed by atoms with Crippen LogP contribution in [0.1, 0.15) is 35.6 Å². The molecular formula is C15H21N3O5. The number of carbonyl (C=O) groups excluding carboxylic acids is 2. The molecule has 0 radical (unpaired) electrons. The molecular weight excluding hydrogens is 302 g/mol. The van der Waals surface area contributed by atoms with Crippen LogP contribution in [0, 0.1) is 0 Å². The minimum absolute atomic E-state index is 0.0739. The van der Waals surface area contributed by atoms with Crippen molar-refractivity contribution >= 4 is 17.7 Å². The van der Waals surface area contributed by atoms with Gasteiger partial charge in [0.25, 0.3) is 5.91 Å². The zero-order valence-electron chi connectivity index (χ0n) is 13.2. The molecule has 1 N–H and O–H groups in total. The zero-order valence-corrected chi connectivity index (χ0v) is 13.2. The number of carbonyl (C=O) groups is 2. The summed E-state index contributed by atoms with van der Waals surface area (Å²) in [4.78, 5) is 28.3. The lowest BCUT2D eigenvalue weighted by Crippen LogP contribution is -2.24. The fraction of sp³-hybridized carbons (Fsp3) is 0.667. The summed E-state index contributed by atoms with van der Waals surface area (Å²) < 4.78 is 17.4. The van der Waals surface area contributed by atoms with Gasteiger partial charge in [-0.25, -0.2) is 9.78 Å². The lowest BCUT2D eigenvalue weighted by atomic mass is 10.2. The van der Waals surface area contributed by atoms with Gasteiger partial charge in [-0.1, -0.05) is 0 Å². The summed E-state index contributed by atoms with van der Waals surface area (Å²) in [6, 6.07) is 0. The fourth-order valence-electron chi connectivity index (χ4n) is 2.94. The first kappa shape index (κ1) is 15.9. The SMILES string of the molecule is COC(=O)c1c(NC(=O)COCC2CCCO2)nc2n1CCC2. The van der Waals surface area contributed by atoms with E-state index in [9.17, 15) is 9.59 Å². The number of hydrogen-bond acceptors (Lipinski definition) is 6. The standard InChI is InChI=1S/C15H21N3O5/c1-21-15(20)13-14(16-11-5-2-6-18(11)13)17-12(19)9-22-8-10-4-3-7-23-10/h10H,2-9H2,1H3,(H,17,19). The zero-order chi connectivity index (χ0) is 16.2. The smallest absolute Gasteiger partial charge is 0.358 e. The van der Waals surface area contributed by atoms with Crippen LogP contribution in [0.5, 0.6) is 0 Å². The summed E-state index contributed by atoms with van der Waals surface area (Å²) in [6.45, 7) is 1.76. The van der Waals surface area contributed by atoms with E-state index in [1.165, 1.54) is 7.11 Å². The molecule has 1 aromatic heterocycles. The maximum absolute atomic E-state index is 12.0. The second-order valence-electron chi connectivity index (χ2n) is 5.67. The monoisotopic (exact) mass is 323 g/mol. The first-order valence-corrected chi connectivity index (χ1v) is 7.86. The van der Waals surface area contributed by atoms with Gasteiger partial charge in [0, 0.05) is 19.6 Å². The van der Waals surface area contributed by atoms with Crippen LogP contribution in [0.25, 0.3) is 0 Å². The Balaban J connectivity index is 1.58. The maximum atomic E-state index is 12.0. The molecule has 1 atom stereocenters. The van der Waals surface area contributed by atoms with E-state index in [4.69, 9.17) is 14.2 Å². The molecule has 3 rings (SSSR count). The number of fused-ring (bicyclic) bond motifs is 1. The van der Waals surface area contributed by atoms with Crippen LogP contribution in [-0.2, 0) is 32.0 Å². The van der Waals surface area contributed by atoms with Crippen molar-refractivity contribution in [2.75, 3.05) is 32.2 Å². The van der Waals surface area contributed by atoms with Crippen molar-refractivity contribution in [1.82, 2.24) is 9.55 Å². The van der Waals surface area contributed by atoms with E-state index >= 15 is 0 Å². The number of rotatable bonds is 6. The third-order valence-electron chi connectivity index (χ3n) is 4.03. The Morgan fingerprint density at radius 1 is 1.43 bits per heavy atom. The minimum atomic E-state index is -0.499. The number of imidazole rings is 1. The summed E-state index contributed by atoms with van der Waals surface area (Å²) in [5.41, 5.74) is 0.299. The summed E-state index contributed by atoms with van der Waals surface area (Å²) in [6.07, 6.45) is 3.79. The van der Waals surface area contributed by atoms with Gasteiger partial charge in [-0.3, -0.25) is 4.79 Å². The van der Waals surface area contributed by atoms with Crippen molar-refractivity contribution in [1.29, 1.82) is 0 Å². The molecule has 23 heavy (non-hydrogen) atoms. The van der Waals surface area contributed by atoms with Gasteiger partial charge in [0.1, 0.15) is 12.4 Å². The summed E-state index contributed by atoms with van der Waals surface area (Å²) in [7, 11) is 1.31. The largest absolute Gasteiger partial charge is 0.464 e. The highest BCUT2D eigenvalue weighted by Crippen LogP contribution is 2.24. The second kappa shape index (κ2) is 7.10. The number of aromatic nitrogens is 2. The van der Waals surface area contributed by atoms with Crippen molar-refractivity contribution in [2.24, 2.45) is 0 Å². The van der Waals surface area contributed by atoms with E-state index in [0.29, 0.717) is 18.8 Å². The Morgan fingerprint density at radius 2 is 2.30 bits per heavy atom. The van der Waals surface area contributed by atoms with Gasteiger partial charge in [0.05, 0.1) is 19.8 Å². The van der Waals surface area contributed by atoms with E-state index in [1.807, 2.05) is 0 Å². The van der Waals surface area contributed by atoms with Crippen LogP contribution in [-0.4, -0.2) is 54.5 Å². The molecule has 1 unspecified atom stereocenters. The van der Waals surface area contributed by atoms with Crippen molar-refractivity contribution in [2.45, 2.75) is 38.3 Å². The Morgan fingerprint density at radius 3 is 3.04 bits per heavy atom. The van der Waals surface area contributed by atoms with Crippen LogP contribution in [0.3, 0.4) is 0 Å². The molecule has 8 heteroatoms. The second-order valence-corrected chi connectivity index (χ2v) is 5.67. The van der Waals surface area contributed by atoms with E-state index in [0.717, 1.165) is 38.1 Å². The van der Waals surface area contributed by atoms with Gasteiger partial charge in [-0.2, -0.15) is 0 Å². The van der Waals surface area contributed by atoms with E-state index < -0.39 is 5.97 Å². The Hall–Kier alpha value is -1.93. The minimum Gasteiger partial charge on any atom is -0.464 e. The molecule has 1 aromatic rings. The lowest BCUT2D eigenvalue weighted by Gasteiger charge is -2.10. The van der Waals surface area contributed by atoms with Crippen LogP contribution in [0.15, 0.2) is 0 Å². The van der Waals surface area contributed by atoms with Gasteiger partial charge in [-0.15, -0.1) is 0 Å². The molecule has 0 spiro atoms. The number of ether oxygens (including phenoxy) is 3. The van der Waals surface area contributed by atoms with E-state index in [-0.39, 0.29) is 24.4 Å². The van der Waals surface area contributed by atoms with Crippen molar-refractivity contribution in [3.8, 4) is 0 Å². The topological polar surface area (TPSA) is 91.7 Å². The Labute approximate surface area is 134 Å². The van der Waals surface area contributed by atoms with Crippen LogP contribution in [0.2, 0.25) is 0 Å². The molecule has 126 valence electrons. The summed E-state index contributed by atoms with van der Waals surface area (Å²) >= 11 is 0. The van der Waals surface area contributed by atoms with Crippen molar-refractivity contribution in [3.05, 3.63) is 11.5 Å². The number of nitrogens with zero attached hydrogens (tertiary/aromatic N) is 2. The van der Waals surface area contributed by atoms with Crippen LogP contribution in [0.4, 0.5) is 5.82 Å². The molecule has 0 bridgehead atoms. The van der Waals surface area contributed by atoms with E-state index in [1.54, 1.807) is 4.57 Å². The first-order valence-electron chi connectivity index (χ1n) is 7.86. The third kappa shape index (κ3) is 3.53. The number of anilines is 1. The van der Waals surface area contributed by atoms with E-state index in [2.05, 4.69) is 10.3 Å². The van der Waals surface area contributed by atoms with Gasteiger partial charge < -0.3 is 24.1 Å². The van der Waals surface area contributed by atoms with Crippen molar-refractivity contribution < 1.29 is 23.8 Å². The molecule has 1 fully saturated rings. The summed E-state index contributed by atoms with van der Waals surface area (Å²) in [5.74, 6) is 0.199. The highest BCUT2D eigenvalue weighted by Gasteiger charge is 2.27. The molecule has 0 saturated carbocycles. The number of amides is 1. The first-order chi connectivity index (χ1) is 11.2. The van der Waals surface area contributed by atoms with Gasteiger partial charge in [0.2, 0.25) is 0 Å². The maximum Gasteiger partial charge on any atom is 0.358 e. The Kier molecular flexibility index (Phi) is 4.92. The number of methoxy groups -OCH3 is 1. The average Bonchev–Trinajstić information content (AvgIpc) is 3.23. The average molecular weight is 323 g/mol. The number of hydrogen-bond donors (Lipinski definition) is 1. The van der Waals surface area contributed by atoms with Gasteiger partial charge in [0.15, 0.2) is 11.5 Å². The quantitative estimate of drug-likeness (QED) is 0.777. The highest BCUT2D eigenvalue weighted by molar-refractivity contribution is 5.99. The normalized spacial score (nSPS) is 19.6. The molecule has 1 saturated heterocycles. The number of esters is 1. The molecule has 1 amide bonds. The highest BCUT2D eigenvalue weighted by atomic mass is 16.5. The molecule has 3 heterocycles. The number of nitrogens with one attached hydrogen (secondary N) is 1. The molecule has 8 nitrogen and oxygen atoms in total. The summed E-state index contributed by atoms with van der Waals surface area (Å²) in [5, 5.41) is 2.64. The predicted molar refractivity (Wildman–Crippen MR) is 80.3 cm³/mol. The van der Waals surface area contributed by atoms with Crippen molar-refractivity contribution in [3.63, 3.8) is 0 Å². The van der Waals surface area contributed by atoms with Gasteiger partial charge in [-0.05, 0) is 19.3 Å². The van der Waals surface area contributed by atoms with Crippen LogP contribution < -0.4 is 5.32 Å². The predicted octanol–water partition coefficient (Wildman–Crippen LogP) is 0.750. The third-order valence-corrected chi connectivity index (χ3v) is 4.03. The number of aryl methyl sites for hydroxylation is 1. The molecule has 2 aliphatic rings. The molecule has 0 aliphatic carbocycles. The van der Waals surface area contributed by atoms with Gasteiger partial charge >= 0.3 is 5.97 Å². The molecule has 2 aliphatic heterocycles. The Bertz CT molecular complexity index is 592. The fourth-order valence-corrected chi connectivity index (χ4v) is 2.94.